The molecule has 0 saturated heterocycles. The van der Waals surface area contributed by atoms with Gasteiger partial charge in [-0.15, -0.1) is 0 Å². The van der Waals surface area contributed by atoms with Crippen molar-refractivity contribution >= 4 is 11.6 Å². The van der Waals surface area contributed by atoms with Crippen LogP contribution in [0.2, 0.25) is 0 Å². The molecule has 1 aromatic heterocycles. The van der Waals surface area contributed by atoms with Crippen LogP contribution in [0, 0.1) is 17.5 Å². The van der Waals surface area contributed by atoms with Crippen molar-refractivity contribution in [1.29, 1.82) is 0 Å². The molecule has 1 aromatic carbocycles. The summed E-state index contributed by atoms with van der Waals surface area (Å²) < 4.78 is 41.4. The number of hydrogen-bond acceptors (Lipinski definition) is 2. The lowest BCUT2D eigenvalue weighted by molar-refractivity contribution is 0.498. The molecule has 102 valence electrons. The lowest BCUT2D eigenvalue weighted by Gasteiger charge is -2.10. The van der Waals surface area contributed by atoms with Crippen LogP contribution < -0.4 is 5.32 Å². The number of unbranched alkanes of at least 4 members (excludes halogenated alkanes) is 1. The van der Waals surface area contributed by atoms with Crippen LogP contribution in [-0.4, -0.2) is 9.55 Å². The van der Waals surface area contributed by atoms with E-state index in [9.17, 15) is 13.2 Å². The Morgan fingerprint density at radius 3 is 2.79 bits per heavy atom. The number of aryl methyl sites for hydroxylation is 1. The quantitative estimate of drug-likeness (QED) is 0.836. The zero-order valence-corrected chi connectivity index (χ0v) is 10.5. The highest BCUT2D eigenvalue weighted by atomic mass is 19.2. The number of nitrogens with zero attached hydrogens (tertiary/aromatic N) is 2. The molecule has 3 nitrogen and oxygen atoms in total. The number of benzene rings is 1. The monoisotopic (exact) mass is 269 g/mol. The first-order chi connectivity index (χ1) is 9.11. The fourth-order valence-corrected chi connectivity index (χ4v) is 1.71. The number of hydrogen-bond donors (Lipinski definition) is 1. The Kier molecular flexibility index (Phi) is 4.09. The molecule has 6 heteroatoms. The Morgan fingerprint density at radius 2 is 2.05 bits per heavy atom. The van der Waals surface area contributed by atoms with Crippen molar-refractivity contribution < 1.29 is 13.2 Å². The maximum atomic E-state index is 13.5. The third kappa shape index (κ3) is 3.07. The molecule has 0 bridgehead atoms. The van der Waals surface area contributed by atoms with Crippen molar-refractivity contribution in [2.24, 2.45) is 0 Å². The van der Waals surface area contributed by atoms with E-state index in [1.165, 1.54) is 0 Å². The molecule has 0 saturated carbocycles. The van der Waals surface area contributed by atoms with Crippen LogP contribution >= 0.6 is 0 Å². The van der Waals surface area contributed by atoms with Crippen molar-refractivity contribution in [2.45, 2.75) is 26.3 Å². The summed E-state index contributed by atoms with van der Waals surface area (Å²) in [5.74, 6) is -2.83. The molecule has 19 heavy (non-hydrogen) atoms. The van der Waals surface area contributed by atoms with Gasteiger partial charge >= 0.3 is 0 Å². The maximum absolute atomic E-state index is 13.5. The summed E-state index contributed by atoms with van der Waals surface area (Å²) in [5, 5.41) is 2.61. The van der Waals surface area contributed by atoms with Gasteiger partial charge in [0, 0.05) is 31.1 Å². The fourth-order valence-electron chi connectivity index (χ4n) is 1.71. The van der Waals surface area contributed by atoms with Crippen molar-refractivity contribution in [3.8, 4) is 0 Å². The fraction of sp³-hybridized carbons (Fsp3) is 0.308. The van der Waals surface area contributed by atoms with Gasteiger partial charge in [-0.25, -0.2) is 18.2 Å². The van der Waals surface area contributed by atoms with E-state index in [1.54, 1.807) is 17.0 Å². The van der Waals surface area contributed by atoms with Crippen molar-refractivity contribution in [1.82, 2.24) is 9.55 Å². The summed E-state index contributed by atoms with van der Waals surface area (Å²) in [6.45, 7) is 2.75. The van der Waals surface area contributed by atoms with E-state index < -0.39 is 17.5 Å². The lowest BCUT2D eigenvalue weighted by atomic mass is 10.3. The molecule has 1 heterocycles. The van der Waals surface area contributed by atoms with E-state index in [2.05, 4.69) is 10.3 Å². The summed E-state index contributed by atoms with van der Waals surface area (Å²) >= 11 is 0. The van der Waals surface area contributed by atoms with Crippen molar-refractivity contribution in [2.75, 3.05) is 5.32 Å². The van der Waals surface area contributed by atoms with Crippen molar-refractivity contribution in [3.05, 3.63) is 42.0 Å². The first-order valence-corrected chi connectivity index (χ1v) is 6.04. The lowest BCUT2D eigenvalue weighted by Crippen LogP contribution is -2.05. The van der Waals surface area contributed by atoms with Crippen LogP contribution in [0.5, 0.6) is 0 Å². The van der Waals surface area contributed by atoms with Gasteiger partial charge in [-0.2, -0.15) is 0 Å². The second kappa shape index (κ2) is 5.77. The third-order valence-corrected chi connectivity index (χ3v) is 2.71. The van der Waals surface area contributed by atoms with E-state index >= 15 is 0 Å². The normalized spacial score (nSPS) is 10.7. The van der Waals surface area contributed by atoms with Crippen molar-refractivity contribution in [3.63, 3.8) is 0 Å². The second-order valence-electron chi connectivity index (χ2n) is 4.17. The number of aromatic nitrogens is 2. The second-order valence-corrected chi connectivity index (χ2v) is 4.17. The van der Waals surface area contributed by atoms with Crippen LogP contribution in [0.3, 0.4) is 0 Å². The molecule has 0 amide bonds. The molecule has 0 spiro atoms. The highest BCUT2D eigenvalue weighted by Crippen LogP contribution is 2.22. The van der Waals surface area contributed by atoms with Gasteiger partial charge in [0.25, 0.3) is 0 Å². The summed E-state index contributed by atoms with van der Waals surface area (Å²) in [7, 11) is 0. The van der Waals surface area contributed by atoms with Gasteiger partial charge in [-0.3, -0.25) is 0 Å². The van der Waals surface area contributed by atoms with E-state index in [-0.39, 0.29) is 5.69 Å². The minimum Gasteiger partial charge on any atom is -0.323 e. The zero-order valence-electron chi connectivity index (χ0n) is 10.5. The molecule has 0 unspecified atom stereocenters. The third-order valence-electron chi connectivity index (χ3n) is 2.71. The summed E-state index contributed by atoms with van der Waals surface area (Å²) in [4.78, 5) is 4.01. The van der Waals surface area contributed by atoms with Gasteiger partial charge in [-0.1, -0.05) is 13.3 Å². The Morgan fingerprint density at radius 1 is 1.26 bits per heavy atom. The molecule has 0 aliphatic carbocycles. The Bertz CT molecular complexity index is 566. The highest BCUT2D eigenvalue weighted by Gasteiger charge is 2.13. The molecule has 0 fully saturated rings. The number of nitrogens with one attached hydrogen (secondary N) is 1. The minimum atomic E-state index is -1.23. The van der Waals surface area contributed by atoms with Gasteiger partial charge in [0.2, 0.25) is 5.95 Å². The van der Waals surface area contributed by atoms with Gasteiger partial charge in [0.05, 0.1) is 5.69 Å². The van der Waals surface area contributed by atoms with Crippen LogP contribution in [-0.2, 0) is 6.54 Å². The standard InChI is InChI=1S/C13H14F3N3/c1-2-3-5-19-6-4-17-13(19)18-11-8-9(14)7-10(15)12(11)16/h4,6-8H,2-3,5H2,1H3,(H,17,18). The van der Waals surface area contributed by atoms with E-state index in [4.69, 9.17) is 0 Å². The van der Waals surface area contributed by atoms with Gasteiger partial charge in [0.1, 0.15) is 5.82 Å². The minimum absolute atomic E-state index is 0.263. The average molecular weight is 269 g/mol. The van der Waals surface area contributed by atoms with Gasteiger partial charge < -0.3 is 9.88 Å². The highest BCUT2D eigenvalue weighted by molar-refractivity contribution is 5.54. The number of rotatable bonds is 5. The van der Waals surface area contributed by atoms with Crippen LogP contribution in [0.15, 0.2) is 24.5 Å². The first-order valence-electron chi connectivity index (χ1n) is 6.04. The number of anilines is 2. The molecular weight excluding hydrogens is 255 g/mol. The number of halogens is 3. The molecule has 0 radical (unpaired) electrons. The van der Waals surface area contributed by atoms with E-state index in [0.29, 0.717) is 18.6 Å². The van der Waals surface area contributed by atoms with Crippen LogP contribution in [0.4, 0.5) is 24.8 Å². The zero-order chi connectivity index (χ0) is 13.8. The predicted molar refractivity (Wildman–Crippen MR) is 66.7 cm³/mol. The van der Waals surface area contributed by atoms with Gasteiger partial charge in [0.15, 0.2) is 11.6 Å². The van der Waals surface area contributed by atoms with Gasteiger partial charge in [-0.05, 0) is 6.42 Å². The van der Waals surface area contributed by atoms with E-state index in [1.807, 2.05) is 6.92 Å². The SMILES string of the molecule is CCCCn1ccnc1Nc1cc(F)cc(F)c1F. The Hall–Kier alpha value is -1.98. The van der Waals surface area contributed by atoms with E-state index in [0.717, 1.165) is 18.9 Å². The molecular formula is C13H14F3N3. The molecule has 2 aromatic rings. The first kappa shape index (κ1) is 13.5. The summed E-state index contributed by atoms with van der Waals surface area (Å²) in [6.07, 6.45) is 5.21. The summed E-state index contributed by atoms with van der Waals surface area (Å²) in [5.41, 5.74) is -0.263. The smallest absolute Gasteiger partial charge is 0.207 e. The van der Waals surface area contributed by atoms with Crippen LogP contribution in [0.1, 0.15) is 19.8 Å². The number of imidazole rings is 1. The summed E-state index contributed by atoms with van der Waals surface area (Å²) in [6, 6.07) is 1.40. The topological polar surface area (TPSA) is 29.9 Å². The molecule has 1 N–H and O–H groups in total. The Labute approximate surface area is 109 Å². The molecule has 2 rings (SSSR count). The molecule has 0 aliphatic rings. The predicted octanol–water partition coefficient (Wildman–Crippen LogP) is 3.84. The molecule has 0 atom stereocenters. The Balaban J connectivity index is 2.24. The average Bonchev–Trinajstić information content (AvgIpc) is 2.80. The van der Waals surface area contributed by atoms with Crippen LogP contribution in [0.25, 0.3) is 0 Å². The maximum Gasteiger partial charge on any atom is 0.207 e. The largest absolute Gasteiger partial charge is 0.323 e. The molecule has 0 aliphatic heterocycles.